The van der Waals surface area contributed by atoms with Crippen LogP contribution >= 0.6 is 23.4 Å². The molecule has 31 heavy (non-hydrogen) atoms. The minimum atomic E-state index is -1.03. The molecule has 0 saturated carbocycles. The van der Waals surface area contributed by atoms with Gasteiger partial charge in [-0.2, -0.15) is 9.65 Å². The van der Waals surface area contributed by atoms with Crippen LogP contribution < -0.4 is 0 Å². The SMILES string of the molecule is CC(C)n1cc(-c2c(Cl)ccc3c(Sc4cccc(C(=O)O)c4)c(C#N)[nH]c23)c(F)n1. The Hall–Kier alpha value is -3.28. The van der Waals surface area contributed by atoms with Gasteiger partial charge in [0.15, 0.2) is 0 Å². The van der Waals surface area contributed by atoms with E-state index in [1.165, 1.54) is 28.6 Å². The van der Waals surface area contributed by atoms with Crippen molar-refractivity contribution in [3.05, 3.63) is 64.8 Å². The van der Waals surface area contributed by atoms with Crippen LogP contribution in [-0.2, 0) is 0 Å². The highest BCUT2D eigenvalue weighted by Gasteiger charge is 2.22. The first-order valence-corrected chi connectivity index (χ1v) is 10.5. The highest BCUT2D eigenvalue weighted by atomic mass is 35.5. The summed E-state index contributed by atoms with van der Waals surface area (Å²) in [5.41, 5.74) is 1.60. The molecule has 0 amide bonds. The van der Waals surface area contributed by atoms with E-state index in [2.05, 4.69) is 16.2 Å². The largest absolute Gasteiger partial charge is 0.478 e. The molecule has 0 fully saturated rings. The number of aromatic carboxylic acids is 1. The molecule has 0 aliphatic heterocycles. The number of nitrogens with one attached hydrogen (secondary N) is 1. The van der Waals surface area contributed by atoms with E-state index in [1.54, 1.807) is 30.5 Å². The number of aromatic amines is 1. The van der Waals surface area contributed by atoms with Gasteiger partial charge >= 0.3 is 5.97 Å². The number of nitriles is 1. The third kappa shape index (κ3) is 3.78. The molecular formula is C22H16ClFN4O2S. The Morgan fingerprint density at radius 3 is 2.77 bits per heavy atom. The number of fused-ring (bicyclic) bond motifs is 1. The highest BCUT2D eigenvalue weighted by Crippen LogP contribution is 2.43. The molecule has 0 bridgehead atoms. The second-order valence-electron chi connectivity index (χ2n) is 7.13. The Morgan fingerprint density at radius 2 is 2.13 bits per heavy atom. The zero-order chi connectivity index (χ0) is 22.3. The number of carboxylic acid groups (broad SMARTS) is 1. The number of benzene rings is 2. The van der Waals surface area contributed by atoms with Gasteiger partial charge in [-0.25, -0.2) is 4.79 Å². The van der Waals surface area contributed by atoms with Gasteiger partial charge in [-0.1, -0.05) is 35.5 Å². The van der Waals surface area contributed by atoms with Crippen LogP contribution in [0.5, 0.6) is 0 Å². The Labute approximate surface area is 186 Å². The van der Waals surface area contributed by atoms with Crippen LogP contribution in [-0.4, -0.2) is 25.8 Å². The van der Waals surface area contributed by atoms with Gasteiger partial charge in [0, 0.05) is 28.1 Å². The van der Waals surface area contributed by atoms with Gasteiger partial charge in [0.2, 0.25) is 5.95 Å². The zero-order valence-electron chi connectivity index (χ0n) is 16.5. The summed E-state index contributed by atoms with van der Waals surface area (Å²) in [4.78, 5) is 15.6. The summed E-state index contributed by atoms with van der Waals surface area (Å²) < 4.78 is 16.2. The van der Waals surface area contributed by atoms with Crippen molar-refractivity contribution in [3.63, 3.8) is 0 Å². The summed E-state index contributed by atoms with van der Waals surface area (Å²) in [6.07, 6.45) is 1.59. The van der Waals surface area contributed by atoms with Crippen molar-refractivity contribution in [3.8, 4) is 17.2 Å². The van der Waals surface area contributed by atoms with Crippen molar-refractivity contribution in [2.75, 3.05) is 0 Å². The van der Waals surface area contributed by atoms with Crippen molar-refractivity contribution in [1.29, 1.82) is 5.26 Å². The number of H-pyrrole nitrogens is 1. The van der Waals surface area contributed by atoms with E-state index in [4.69, 9.17) is 11.6 Å². The maximum Gasteiger partial charge on any atom is 0.335 e. The number of rotatable bonds is 5. The molecule has 6 nitrogen and oxygen atoms in total. The van der Waals surface area contributed by atoms with Crippen molar-refractivity contribution in [2.24, 2.45) is 0 Å². The van der Waals surface area contributed by atoms with Crippen LogP contribution in [0.1, 0.15) is 35.9 Å². The van der Waals surface area contributed by atoms with Gasteiger partial charge in [0.1, 0.15) is 11.8 Å². The topological polar surface area (TPSA) is 94.7 Å². The predicted molar refractivity (Wildman–Crippen MR) is 117 cm³/mol. The molecule has 0 aliphatic rings. The molecule has 2 aromatic carbocycles. The number of aromatic nitrogens is 3. The van der Waals surface area contributed by atoms with E-state index in [0.717, 1.165) is 0 Å². The molecule has 0 spiro atoms. The minimum absolute atomic E-state index is 0.0350. The van der Waals surface area contributed by atoms with Crippen LogP contribution in [0.2, 0.25) is 5.02 Å². The summed E-state index contributed by atoms with van der Waals surface area (Å²) in [6.45, 7) is 3.78. The van der Waals surface area contributed by atoms with E-state index in [9.17, 15) is 19.6 Å². The van der Waals surface area contributed by atoms with Crippen LogP contribution in [0.4, 0.5) is 4.39 Å². The average molecular weight is 455 g/mol. The van der Waals surface area contributed by atoms with Crippen LogP contribution in [0.25, 0.3) is 22.0 Å². The van der Waals surface area contributed by atoms with E-state index >= 15 is 0 Å². The fourth-order valence-electron chi connectivity index (χ4n) is 3.27. The van der Waals surface area contributed by atoms with E-state index in [-0.39, 0.29) is 22.9 Å². The Morgan fingerprint density at radius 1 is 1.35 bits per heavy atom. The molecule has 9 heteroatoms. The van der Waals surface area contributed by atoms with Crippen molar-refractivity contribution in [1.82, 2.24) is 14.8 Å². The Kier molecular flexibility index (Phi) is 5.48. The van der Waals surface area contributed by atoms with Gasteiger partial charge in [-0.15, -0.1) is 5.10 Å². The first-order chi connectivity index (χ1) is 14.8. The van der Waals surface area contributed by atoms with Gasteiger partial charge in [-0.05, 0) is 38.1 Å². The quantitative estimate of drug-likeness (QED) is 0.378. The number of hydrogen-bond donors (Lipinski definition) is 2. The lowest BCUT2D eigenvalue weighted by Crippen LogP contribution is -2.00. The minimum Gasteiger partial charge on any atom is -0.478 e. The third-order valence-electron chi connectivity index (χ3n) is 4.77. The fraction of sp³-hybridized carbons (Fsp3) is 0.136. The highest BCUT2D eigenvalue weighted by molar-refractivity contribution is 7.99. The molecule has 2 heterocycles. The Balaban J connectivity index is 1.90. The van der Waals surface area contributed by atoms with Crippen LogP contribution in [0, 0.1) is 17.3 Å². The van der Waals surface area contributed by atoms with Gasteiger partial charge in [0.05, 0.1) is 26.6 Å². The summed E-state index contributed by atoms with van der Waals surface area (Å²) in [5, 5.41) is 23.9. The number of carboxylic acids is 1. The van der Waals surface area contributed by atoms with Gasteiger partial charge < -0.3 is 10.1 Å². The van der Waals surface area contributed by atoms with E-state index in [0.29, 0.717) is 31.3 Å². The maximum absolute atomic E-state index is 14.7. The van der Waals surface area contributed by atoms with Crippen molar-refractivity contribution in [2.45, 2.75) is 29.7 Å². The van der Waals surface area contributed by atoms with Crippen molar-refractivity contribution >= 4 is 40.2 Å². The lowest BCUT2D eigenvalue weighted by molar-refractivity contribution is 0.0696. The molecule has 2 N–H and O–H groups in total. The smallest absolute Gasteiger partial charge is 0.335 e. The molecule has 0 unspecified atom stereocenters. The van der Waals surface area contributed by atoms with Crippen LogP contribution in [0.15, 0.2) is 52.4 Å². The summed E-state index contributed by atoms with van der Waals surface area (Å²) >= 11 is 7.70. The molecule has 4 rings (SSSR count). The normalized spacial score (nSPS) is 11.2. The first kappa shape index (κ1) is 21.0. The number of nitrogens with zero attached hydrogens (tertiary/aromatic N) is 3. The monoisotopic (exact) mass is 454 g/mol. The third-order valence-corrected chi connectivity index (χ3v) is 6.21. The zero-order valence-corrected chi connectivity index (χ0v) is 18.1. The predicted octanol–water partition coefficient (Wildman–Crippen LogP) is 6.13. The molecule has 0 saturated heterocycles. The second-order valence-corrected chi connectivity index (χ2v) is 8.62. The van der Waals surface area contributed by atoms with Gasteiger partial charge in [0.25, 0.3) is 0 Å². The van der Waals surface area contributed by atoms with E-state index < -0.39 is 11.9 Å². The standard InChI is InChI=1S/C22H16ClFN4O2S/c1-11(2)28-10-15(21(24)27-28)18-16(23)7-6-14-19(18)26-17(9-25)20(14)31-13-5-3-4-12(8-13)22(29)30/h3-8,10-11,26H,1-2H3,(H,29,30). The molecular weight excluding hydrogens is 439 g/mol. The molecule has 0 aliphatic carbocycles. The maximum atomic E-state index is 14.7. The summed E-state index contributed by atoms with van der Waals surface area (Å²) in [7, 11) is 0. The number of hydrogen-bond acceptors (Lipinski definition) is 4. The summed E-state index contributed by atoms with van der Waals surface area (Å²) in [5.74, 6) is -1.69. The number of halogens is 2. The number of carbonyl (C=O) groups is 1. The molecule has 4 aromatic rings. The molecule has 156 valence electrons. The Bertz CT molecular complexity index is 1370. The first-order valence-electron chi connectivity index (χ1n) is 9.30. The van der Waals surface area contributed by atoms with Crippen molar-refractivity contribution < 1.29 is 14.3 Å². The second kappa shape index (κ2) is 8.10. The van der Waals surface area contributed by atoms with Gasteiger partial charge in [-0.3, -0.25) is 4.68 Å². The lowest BCUT2D eigenvalue weighted by atomic mass is 10.1. The lowest BCUT2D eigenvalue weighted by Gasteiger charge is -2.06. The van der Waals surface area contributed by atoms with Crippen LogP contribution in [0.3, 0.4) is 0 Å². The molecule has 0 atom stereocenters. The molecule has 0 radical (unpaired) electrons. The van der Waals surface area contributed by atoms with E-state index in [1.807, 2.05) is 13.8 Å². The fourth-order valence-corrected chi connectivity index (χ4v) is 4.58. The summed E-state index contributed by atoms with van der Waals surface area (Å²) in [6, 6.07) is 11.9. The average Bonchev–Trinajstić information content (AvgIpc) is 3.29. The molecule has 2 aromatic heterocycles.